The van der Waals surface area contributed by atoms with Crippen molar-refractivity contribution in [1.82, 2.24) is 4.57 Å². The molecule has 0 saturated carbocycles. The summed E-state index contributed by atoms with van der Waals surface area (Å²) in [6.45, 7) is 0. The second-order valence-electron chi connectivity index (χ2n) is 7.87. The average molecular weight is 396 g/mol. The van der Waals surface area contributed by atoms with Crippen LogP contribution in [0.25, 0.3) is 49.7 Å². The second-order valence-corrected chi connectivity index (χ2v) is 7.87. The van der Waals surface area contributed by atoms with Crippen LogP contribution in [0.3, 0.4) is 0 Å². The van der Waals surface area contributed by atoms with Crippen LogP contribution in [0.15, 0.2) is 127 Å². The van der Waals surface area contributed by atoms with Gasteiger partial charge in [0.2, 0.25) is 0 Å². The lowest BCUT2D eigenvalue weighted by molar-refractivity contribution is 1.18. The molecule has 0 unspecified atom stereocenters. The highest BCUT2D eigenvalue weighted by Gasteiger charge is 2.13. The maximum Gasteiger partial charge on any atom is 0.0541 e. The molecule has 0 aliphatic heterocycles. The van der Waals surface area contributed by atoms with Crippen LogP contribution in [-0.2, 0) is 0 Å². The van der Waals surface area contributed by atoms with Gasteiger partial charge in [-0.25, -0.2) is 0 Å². The number of benzene rings is 5. The summed E-state index contributed by atoms with van der Waals surface area (Å²) in [5, 5.41) is 2.56. The number of para-hydroxylation sites is 1. The van der Waals surface area contributed by atoms with Crippen LogP contribution in [0.4, 0.5) is 0 Å². The molecule has 0 amide bonds. The Morgan fingerprint density at radius 1 is 0.355 bits per heavy atom. The van der Waals surface area contributed by atoms with E-state index in [0.717, 1.165) is 0 Å². The first-order valence-corrected chi connectivity index (χ1v) is 10.6. The van der Waals surface area contributed by atoms with Crippen LogP contribution in [0.2, 0.25) is 0 Å². The average Bonchev–Trinajstić information content (AvgIpc) is 3.19. The number of fused-ring (bicyclic) bond motifs is 3. The van der Waals surface area contributed by atoms with Gasteiger partial charge < -0.3 is 4.57 Å². The molecular formula is C30H21N. The van der Waals surface area contributed by atoms with Crippen molar-refractivity contribution in [3.05, 3.63) is 127 Å². The summed E-state index contributed by atoms with van der Waals surface area (Å²) in [5.74, 6) is 0. The predicted octanol–water partition coefficient (Wildman–Crippen LogP) is 8.12. The van der Waals surface area contributed by atoms with Gasteiger partial charge in [0.15, 0.2) is 0 Å². The maximum atomic E-state index is 2.38. The fourth-order valence-corrected chi connectivity index (χ4v) is 4.52. The summed E-state index contributed by atoms with van der Waals surface area (Å²) < 4.78 is 2.38. The minimum absolute atomic E-state index is 1.18. The molecule has 0 fully saturated rings. The molecule has 0 atom stereocenters. The molecule has 0 radical (unpaired) electrons. The topological polar surface area (TPSA) is 4.93 Å². The molecule has 6 rings (SSSR count). The Labute approximate surface area is 181 Å². The number of rotatable bonds is 3. The van der Waals surface area contributed by atoms with Crippen molar-refractivity contribution >= 4 is 21.8 Å². The fraction of sp³-hybridized carbons (Fsp3) is 0. The Bertz CT molecular complexity index is 1510. The van der Waals surface area contributed by atoms with E-state index in [-0.39, 0.29) is 0 Å². The molecule has 1 aromatic heterocycles. The van der Waals surface area contributed by atoms with Crippen LogP contribution < -0.4 is 0 Å². The van der Waals surface area contributed by atoms with Crippen LogP contribution in [0.1, 0.15) is 0 Å². The maximum absolute atomic E-state index is 2.38. The SMILES string of the molecule is c1ccc(-c2cccc(-n3c4ccccc4c4cc(-c5ccccc5)ccc43)c2)cc1. The molecule has 146 valence electrons. The van der Waals surface area contributed by atoms with Gasteiger partial charge in [-0.1, -0.05) is 97.1 Å². The molecule has 31 heavy (non-hydrogen) atoms. The third-order valence-electron chi connectivity index (χ3n) is 5.99. The smallest absolute Gasteiger partial charge is 0.0541 e. The molecule has 6 aromatic rings. The van der Waals surface area contributed by atoms with Crippen LogP contribution in [0, 0.1) is 0 Å². The standard InChI is InChI=1S/C30H21N/c1-3-10-22(11-4-1)24-14-9-15-26(20-24)31-29-17-8-7-16-27(29)28-21-25(18-19-30(28)31)23-12-5-2-6-13-23/h1-21H. The first-order valence-electron chi connectivity index (χ1n) is 10.6. The highest BCUT2D eigenvalue weighted by atomic mass is 15.0. The Morgan fingerprint density at radius 3 is 1.68 bits per heavy atom. The van der Waals surface area contributed by atoms with Gasteiger partial charge in [-0.3, -0.25) is 0 Å². The zero-order chi connectivity index (χ0) is 20.6. The highest BCUT2D eigenvalue weighted by Crippen LogP contribution is 2.35. The predicted molar refractivity (Wildman–Crippen MR) is 132 cm³/mol. The lowest BCUT2D eigenvalue weighted by atomic mass is 10.0. The van der Waals surface area contributed by atoms with E-state index in [1.807, 2.05) is 0 Å². The second kappa shape index (κ2) is 7.30. The molecule has 0 bridgehead atoms. The third kappa shape index (κ3) is 3.03. The largest absolute Gasteiger partial charge is 0.309 e. The normalized spacial score (nSPS) is 11.2. The molecule has 1 heterocycles. The molecular weight excluding hydrogens is 374 g/mol. The van der Waals surface area contributed by atoms with E-state index in [4.69, 9.17) is 0 Å². The zero-order valence-corrected chi connectivity index (χ0v) is 17.1. The molecule has 0 aliphatic rings. The first-order chi connectivity index (χ1) is 15.4. The summed E-state index contributed by atoms with van der Waals surface area (Å²) in [6.07, 6.45) is 0. The minimum Gasteiger partial charge on any atom is -0.309 e. The van der Waals surface area contributed by atoms with Gasteiger partial charge in [-0.05, 0) is 52.6 Å². The molecule has 0 spiro atoms. The van der Waals surface area contributed by atoms with Crippen LogP contribution in [-0.4, -0.2) is 4.57 Å². The monoisotopic (exact) mass is 395 g/mol. The quantitative estimate of drug-likeness (QED) is 0.285. The van der Waals surface area contributed by atoms with Crippen molar-refractivity contribution in [3.8, 4) is 27.9 Å². The summed E-state index contributed by atoms with van der Waals surface area (Å²) in [5.41, 5.74) is 8.58. The molecule has 1 nitrogen and oxygen atoms in total. The lowest BCUT2D eigenvalue weighted by Gasteiger charge is -2.10. The minimum atomic E-state index is 1.18. The number of hydrogen-bond donors (Lipinski definition) is 0. The van der Waals surface area contributed by atoms with Gasteiger partial charge in [0.1, 0.15) is 0 Å². The Morgan fingerprint density at radius 2 is 0.935 bits per heavy atom. The van der Waals surface area contributed by atoms with Gasteiger partial charge in [0.05, 0.1) is 11.0 Å². The third-order valence-corrected chi connectivity index (χ3v) is 5.99. The van der Waals surface area contributed by atoms with E-state index < -0.39 is 0 Å². The van der Waals surface area contributed by atoms with E-state index in [0.29, 0.717) is 0 Å². The number of nitrogens with zero attached hydrogens (tertiary/aromatic N) is 1. The highest BCUT2D eigenvalue weighted by molar-refractivity contribution is 6.10. The van der Waals surface area contributed by atoms with Gasteiger partial charge in [0.25, 0.3) is 0 Å². The molecule has 0 N–H and O–H groups in total. The Kier molecular flexibility index (Phi) is 4.18. The van der Waals surface area contributed by atoms with E-state index >= 15 is 0 Å². The van der Waals surface area contributed by atoms with Gasteiger partial charge in [0, 0.05) is 16.5 Å². The van der Waals surface area contributed by atoms with Crippen molar-refractivity contribution in [2.24, 2.45) is 0 Å². The molecule has 1 heteroatoms. The number of hydrogen-bond acceptors (Lipinski definition) is 0. The van der Waals surface area contributed by atoms with E-state index in [2.05, 4.69) is 132 Å². The summed E-state index contributed by atoms with van der Waals surface area (Å²) in [7, 11) is 0. The van der Waals surface area contributed by atoms with Crippen LogP contribution >= 0.6 is 0 Å². The first kappa shape index (κ1) is 17.7. The summed E-state index contributed by atoms with van der Waals surface area (Å²) >= 11 is 0. The van der Waals surface area contributed by atoms with Gasteiger partial charge in [-0.2, -0.15) is 0 Å². The molecule has 0 saturated heterocycles. The van der Waals surface area contributed by atoms with Gasteiger partial charge >= 0.3 is 0 Å². The zero-order valence-electron chi connectivity index (χ0n) is 17.1. The van der Waals surface area contributed by atoms with Crippen molar-refractivity contribution in [3.63, 3.8) is 0 Å². The van der Waals surface area contributed by atoms with Gasteiger partial charge in [-0.15, -0.1) is 0 Å². The van der Waals surface area contributed by atoms with Crippen LogP contribution in [0.5, 0.6) is 0 Å². The Hall–Kier alpha value is -4.10. The van der Waals surface area contributed by atoms with E-state index in [9.17, 15) is 0 Å². The van der Waals surface area contributed by atoms with E-state index in [1.165, 1.54) is 49.7 Å². The van der Waals surface area contributed by atoms with Crippen molar-refractivity contribution in [1.29, 1.82) is 0 Å². The van der Waals surface area contributed by atoms with Crippen molar-refractivity contribution in [2.75, 3.05) is 0 Å². The summed E-state index contributed by atoms with van der Waals surface area (Å²) in [4.78, 5) is 0. The number of aromatic nitrogens is 1. The fourth-order valence-electron chi connectivity index (χ4n) is 4.52. The van der Waals surface area contributed by atoms with E-state index in [1.54, 1.807) is 0 Å². The van der Waals surface area contributed by atoms with Crippen molar-refractivity contribution < 1.29 is 0 Å². The lowest BCUT2D eigenvalue weighted by Crippen LogP contribution is -1.94. The molecule has 0 aliphatic carbocycles. The van der Waals surface area contributed by atoms with Crippen molar-refractivity contribution in [2.45, 2.75) is 0 Å². The summed E-state index contributed by atoms with van der Waals surface area (Å²) in [6, 6.07) is 45.5. The Balaban J connectivity index is 1.60. The molecule has 5 aromatic carbocycles.